The lowest BCUT2D eigenvalue weighted by Gasteiger charge is -2.17. The highest BCUT2D eigenvalue weighted by atomic mass is 35.5. The summed E-state index contributed by atoms with van der Waals surface area (Å²) >= 11 is 4.63. The van der Waals surface area contributed by atoms with Crippen LogP contribution in [0, 0.1) is 0 Å². The maximum atomic E-state index is 11.2. The topological polar surface area (TPSA) is 70.2 Å². The summed E-state index contributed by atoms with van der Waals surface area (Å²) in [4.78, 5) is 11.2. The fraction of sp³-hybridized carbons (Fsp3) is 0.375. The molecule has 15 heavy (non-hydrogen) atoms. The molecular weight excluding hydrogens is 236 g/mol. The summed E-state index contributed by atoms with van der Waals surface area (Å²) in [5.41, 5.74) is 11.4. The zero-order valence-electron chi connectivity index (χ0n) is 8.45. The van der Waals surface area contributed by atoms with Gasteiger partial charge in [-0.3, -0.25) is 15.6 Å². The molecule has 0 aliphatic carbocycles. The highest BCUT2D eigenvalue weighted by Gasteiger charge is 2.23. The van der Waals surface area contributed by atoms with Gasteiger partial charge in [-0.15, -0.1) is 0 Å². The van der Waals surface area contributed by atoms with Gasteiger partial charge in [-0.2, -0.15) is 0 Å². The molecule has 7 heteroatoms. The van der Waals surface area contributed by atoms with E-state index in [1.54, 1.807) is 0 Å². The van der Waals surface area contributed by atoms with Gasteiger partial charge >= 0.3 is 0 Å². The molecule has 0 radical (unpaired) electrons. The van der Waals surface area contributed by atoms with Crippen molar-refractivity contribution in [1.29, 1.82) is 0 Å². The lowest BCUT2D eigenvalue weighted by Crippen LogP contribution is -3.00. The van der Waals surface area contributed by atoms with E-state index < -0.39 is 0 Å². The Labute approximate surface area is 99.8 Å². The second kappa shape index (κ2) is 5.67. The number of thiocarbonyl (C=S) groups is 1. The molecule has 0 amide bonds. The first-order valence-corrected chi connectivity index (χ1v) is 4.55. The van der Waals surface area contributed by atoms with Crippen LogP contribution in [-0.2, 0) is 4.79 Å². The molecule has 1 atom stereocenters. The second-order valence-electron chi connectivity index (χ2n) is 3.09. The number of nitrogens with one attached hydrogen (secondary N) is 2. The summed E-state index contributed by atoms with van der Waals surface area (Å²) in [5, 5.41) is 0.141. The van der Waals surface area contributed by atoms with Gasteiger partial charge in [-0.25, -0.2) is 4.58 Å². The molecule has 0 saturated carbocycles. The summed E-state index contributed by atoms with van der Waals surface area (Å²) in [7, 11) is 1.83. The van der Waals surface area contributed by atoms with Crippen molar-refractivity contribution in [3.8, 4) is 0 Å². The van der Waals surface area contributed by atoms with Gasteiger partial charge in [0.05, 0.1) is 0 Å². The summed E-state index contributed by atoms with van der Waals surface area (Å²) in [6.07, 6.45) is 3.05. The average Bonchev–Trinajstić information content (AvgIpc) is 2.08. The third-order valence-corrected chi connectivity index (χ3v) is 2.12. The molecular formula is C8H13ClN4OS. The number of carbonyl (C=O) groups excluding carboxylic acids is 1. The number of carbonyl (C=O) groups is 1. The largest absolute Gasteiger partial charge is 1.00 e. The van der Waals surface area contributed by atoms with Crippen LogP contribution in [0.5, 0.6) is 0 Å². The van der Waals surface area contributed by atoms with E-state index in [-0.39, 0.29) is 29.3 Å². The number of nitrogens with zero attached hydrogens (tertiary/aromatic N) is 1. The number of ketones is 1. The Kier molecular flexibility index (Phi) is 5.24. The van der Waals surface area contributed by atoms with Crippen LogP contribution in [0.25, 0.3) is 0 Å². The predicted molar refractivity (Wildman–Crippen MR) is 57.9 cm³/mol. The standard InChI is InChI=1S/C8H12N4OS.ClH/c1-5-7(10-11-8(9)14)3-6(13)4-12(5)2;/h3-5H,1-2H3,(H3,9,13,14);1H. The van der Waals surface area contributed by atoms with Gasteiger partial charge in [-0.05, 0) is 12.2 Å². The van der Waals surface area contributed by atoms with Gasteiger partial charge in [0.25, 0.3) is 0 Å². The van der Waals surface area contributed by atoms with Crippen LogP contribution < -0.4 is 29.0 Å². The molecule has 1 rings (SSSR count). The van der Waals surface area contributed by atoms with E-state index in [1.807, 2.05) is 18.5 Å². The van der Waals surface area contributed by atoms with Crippen molar-refractivity contribution < 1.29 is 21.8 Å². The van der Waals surface area contributed by atoms with Crippen molar-refractivity contribution in [3.63, 3.8) is 0 Å². The molecule has 0 aromatic heterocycles. The number of hydrogen-bond donors (Lipinski definition) is 3. The van der Waals surface area contributed by atoms with Gasteiger partial charge in [-0.1, -0.05) is 0 Å². The van der Waals surface area contributed by atoms with Gasteiger partial charge in [0.2, 0.25) is 12.0 Å². The third kappa shape index (κ3) is 3.85. The molecule has 4 N–H and O–H groups in total. The fourth-order valence-electron chi connectivity index (χ4n) is 1.12. The second-order valence-corrected chi connectivity index (χ2v) is 3.53. The number of halogens is 1. The quantitative estimate of drug-likeness (QED) is 0.263. The van der Waals surface area contributed by atoms with E-state index in [1.165, 1.54) is 12.3 Å². The SMILES string of the molecule is CC1C(NNC(N)=S)=CC(=O)C=[N+]1C.[Cl-]. The minimum atomic E-state index is -0.0576. The van der Waals surface area contributed by atoms with E-state index >= 15 is 0 Å². The van der Waals surface area contributed by atoms with E-state index in [9.17, 15) is 4.79 Å². The molecule has 0 spiro atoms. The number of allylic oxidation sites excluding steroid dienone is 1. The molecule has 84 valence electrons. The number of likely N-dealkylation sites (N-methyl/N-ethyl adjacent to an activating group) is 1. The Morgan fingerprint density at radius 2 is 2.27 bits per heavy atom. The Hall–Kier alpha value is -1.14. The highest BCUT2D eigenvalue weighted by molar-refractivity contribution is 7.80. The Bertz CT molecular complexity index is 340. The van der Waals surface area contributed by atoms with Gasteiger partial charge in [0.1, 0.15) is 12.7 Å². The molecule has 5 nitrogen and oxygen atoms in total. The molecule has 0 fully saturated rings. The molecule has 0 aromatic rings. The Morgan fingerprint density at radius 1 is 1.67 bits per heavy atom. The molecule has 1 aliphatic heterocycles. The summed E-state index contributed by atoms with van der Waals surface area (Å²) in [6.45, 7) is 1.96. The summed E-state index contributed by atoms with van der Waals surface area (Å²) < 4.78 is 1.81. The van der Waals surface area contributed by atoms with Gasteiger partial charge in [0.15, 0.2) is 11.2 Å². The van der Waals surface area contributed by atoms with Crippen molar-refractivity contribution in [2.75, 3.05) is 7.05 Å². The van der Waals surface area contributed by atoms with Crippen LogP contribution in [0.4, 0.5) is 0 Å². The summed E-state index contributed by atoms with van der Waals surface area (Å²) in [5.74, 6) is -0.0576. The van der Waals surface area contributed by atoms with Crippen molar-refractivity contribution >= 4 is 29.3 Å². The van der Waals surface area contributed by atoms with Crippen molar-refractivity contribution in [2.24, 2.45) is 5.73 Å². The molecule has 0 aromatic carbocycles. The van der Waals surface area contributed by atoms with Crippen LogP contribution in [0.2, 0.25) is 0 Å². The first kappa shape index (κ1) is 13.9. The fourth-order valence-corrected chi connectivity index (χ4v) is 1.17. The third-order valence-electron chi connectivity index (χ3n) is 2.02. The molecule has 0 bridgehead atoms. The van der Waals surface area contributed by atoms with Crippen LogP contribution in [0.3, 0.4) is 0 Å². The Morgan fingerprint density at radius 3 is 2.80 bits per heavy atom. The number of hydrazine groups is 1. The maximum absolute atomic E-state index is 11.2. The van der Waals surface area contributed by atoms with Gasteiger partial charge in [0, 0.05) is 13.0 Å². The maximum Gasteiger partial charge on any atom is 0.243 e. The van der Waals surface area contributed by atoms with E-state index in [4.69, 9.17) is 5.73 Å². The van der Waals surface area contributed by atoms with Crippen LogP contribution in [-0.4, -0.2) is 34.8 Å². The lowest BCUT2D eigenvalue weighted by molar-refractivity contribution is -0.520. The predicted octanol–water partition coefficient (Wildman–Crippen LogP) is -4.10. The van der Waals surface area contributed by atoms with Crippen molar-refractivity contribution in [1.82, 2.24) is 10.9 Å². The first-order valence-electron chi connectivity index (χ1n) is 4.14. The van der Waals surface area contributed by atoms with Crippen LogP contribution >= 0.6 is 12.2 Å². The number of nitrogens with two attached hydrogens (primary N) is 1. The molecule has 1 heterocycles. The Balaban J connectivity index is 0.00000196. The van der Waals surface area contributed by atoms with Gasteiger partial charge < -0.3 is 18.1 Å². The lowest BCUT2D eigenvalue weighted by atomic mass is 10.1. The monoisotopic (exact) mass is 248 g/mol. The van der Waals surface area contributed by atoms with E-state index in [2.05, 4.69) is 23.1 Å². The zero-order chi connectivity index (χ0) is 10.7. The number of hydrogen-bond acceptors (Lipinski definition) is 3. The molecule has 0 saturated heterocycles. The van der Waals surface area contributed by atoms with Crippen LogP contribution in [0.15, 0.2) is 11.8 Å². The van der Waals surface area contributed by atoms with E-state index in [0.29, 0.717) is 0 Å². The minimum absolute atomic E-state index is 0. The van der Waals surface area contributed by atoms with Crippen molar-refractivity contribution in [3.05, 3.63) is 11.8 Å². The van der Waals surface area contributed by atoms with E-state index in [0.717, 1.165) is 5.70 Å². The molecule has 1 aliphatic rings. The minimum Gasteiger partial charge on any atom is -1.00 e. The molecule has 1 unspecified atom stereocenters. The number of rotatable bonds is 2. The highest BCUT2D eigenvalue weighted by Crippen LogP contribution is 2.04. The van der Waals surface area contributed by atoms with Crippen molar-refractivity contribution in [2.45, 2.75) is 13.0 Å². The normalized spacial score (nSPS) is 19.6. The summed E-state index contributed by atoms with van der Waals surface area (Å²) in [6, 6.07) is 0.0922. The smallest absolute Gasteiger partial charge is 0.243 e. The zero-order valence-corrected chi connectivity index (χ0v) is 10.0. The first-order chi connectivity index (χ1) is 6.50. The average molecular weight is 249 g/mol. The van der Waals surface area contributed by atoms with Crippen LogP contribution in [0.1, 0.15) is 6.92 Å².